The summed E-state index contributed by atoms with van der Waals surface area (Å²) in [6, 6.07) is 10.5. The van der Waals surface area contributed by atoms with E-state index >= 15 is 0 Å². The molecule has 0 aliphatic rings. The summed E-state index contributed by atoms with van der Waals surface area (Å²) in [5.41, 5.74) is 9.36. The number of aryl methyl sites for hydroxylation is 1. The van der Waals surface area contributed by atoms with Crippen LogP contribution in [0, 0.1) is 5.82 Å². The standard InChI is InChI=1S/C20H23FN2O2/c1-24-17-7-5-8-18(25-2)19(17)20-14(6-3-4-11-22)15-12-13(21)9-10-16(15)23-20/h5,7-10,12,23H,3-4,6,11,22H2,1-2H3. The number of halogens is 1. The van der Waals surface area contributed by atoms with Crippen molar-refractivity contribution in [2.45, 2.75) is 19.3 Å². The minimum absolute atomic E-state index is 0.245. The van der Waals surface area contributed by atoms with Crippen LogP contribution in [0.1, 0.15) is 18.4 Å². The first-order valence-corrected chi connectivity index (χ1v) is 8.41. The number of aromatic amines is 1. The third-order valence-corrected chi connectivity index (χ3v) is 4.43. The summed E-state index contributed by atoms with van der Waals surface area (Å²) >= 11 is 0. The fourth-order valence-corrected chi connectivity index (χ4v) is 3.24. The summed E-state index contributed by atoms with van der Waals surface area (Å²) in [5, 5.41) is 0.889. The number of nitrogens with one attached hydrogen (secondary N) is 1. The van der Waals surface area contributed by atoms with E-state index in [0.29, 0.717) is 18.0 Å². The van der Waals surface area contributed by atoms with Crippen molar-refractivity contribution in [3.05, 3.63) is 47.8 Å². The molecule has 2 aromatic carbocycles. The zero-order chi connectivity index (χ0) is 17.8. The van der Waals surface area contributed by atoms with Crippen LogP contribution in [0.25, 0.3) is 22.2 Å². The molecular formula is C20H23FN2O2. The van der Waals surface area contributed by atoms with E-state index in [1.165, 1.54) is 6.07 Å². The van der Waals surface area contributed by atoms with Crippen LogP contribution in [-0.2, 0) is 6.42 Å². The molecule has 5 heteroatoms. The summed E-state index contributed by atoms with van der Waals surface area (Å²) in [6.07, 6.45) is 2.66. The van der Waals surface area contributed by atoms with Crippen LogP contribution in [0.4, 0.5) is 4.39 Å². The van der Waals surface area contributed by atoms with Gasteiger partial charge in [0.1, 0.15) is 17.3 Å². The number of H-pyrrole nitrogens is 1. The van der Waals surface area contributed by atoms with Crippen molar-refractivity contribution in [2.24, 2.45) is 5.73 Å². The second kappa shape index (κ2) is 7.57. The maximum absolute atomic E-state index is 13.8. The second-order valence-corrected chi connectivity index (χ2v) is 5.95. The molecule has 4 nitrogen and oxygen atoms in total. The average molecular weight is 342 g/mol. The highest BCUT2D eigenvalue weighted by Gasteiger charge is 2.20. The van der Waals surface area contributed by atoms with E-state index in [1.54, 1.807) is 26.4 Å². The second-order valence-electron chi connectivity index (χ2n) is 5.95. The van der Waals surface area contributed by atoms with Gasteiger partial charge in [0.25, 0.3) is 0 Å². The molecule has 25 heavy (non-hydrogen) atoms. The van der Waals surface area contributed by atoms with Gasteiger partial charge in [0, 0.05) is 10.9 Å². The summed E-state index contributed by atoms with van der Waals surface area (Å²) in [5.74, 6) is 1.18. The van der Waals surface area contributed by atoms with Gasteiger partial charge in [-0.15, -0.1) is 0 Å². The highest BCUT2D eigenvalue weighted by atomic mass is 19.1. The third-order valence-electron chi connectivity index (χ3n) is 4.43. The fourth-order valence-electron chi connectivity index (χ4n) is 3.24. The molecule has 3 N–H and O–H groups in total. The van der Waals surface area contributed by atoms with E-state index in [2.05, 4.69) is 4.98 Å². The number of fused-ring (bicyclic) bond motifs is 1. The van der Waals surface area contributed by atoms with Gasteiger partial charge in [-0.2, -0.15) is 0 Å². The van der Waals surface area contributed by atoms with Gasteiger partial charge in [-0.1, -0.05) is 6.07 Å². The van der Waals surface area contributed by atoms with Crippen LogP contribution >= 0.6 is 0 Å². The molecule has 0 unspecified atom stereocenters. The van der Waals surface area contributed by atoms with Gasteiger partial charge in [-0.3, -0.25) is 0 Å². The summed E-state index contributed by atoms with van der Waals surface area (Å²) in [6.45, 7) is 0.643. The normalized spacial score (nSPS) is 11.0. The van der Waals surface area contributed by atoms with E-state index in [-0.39, 0.29) is 5.82 Å². The predicted octanol–water partition coefficient (Wildman–Crippen LogP) is 4.27. The molecule has 0 saturated carbocycles. The Bertz CT molecular complexity index is 851. The Kier molecular flexibility index (Phi) is 5.24. The Labute approximate surface area is 146 Å². The lowest BCUT2D eigenvalue weighted by Gasteiger charge is -2.14. The molecule has 1 heterocycles. The summed E-state index contributed by atoms with van der Waals surface area (Å²) < 4.78 is 24.9. The molecule has 0 aliphatic heterocycles. The maximum Gasteiger partial charge on any atom is 0.131 e. The lowest BCUT2D eigenvalue weighted by atomic mass is 9.99. The van der Waals surface area contributed by atoms with Crippen LogP contribution in [0.5, 0.6) is 11.5 Å². The first-order valence-electron chi connectivity index (χ1n) is 8.41. The van der Waals surface area contributed by atoms with Crippen LogP contribution in [0.15, 0.2) is 36.4 Å². The monoisotopic (exact) mass is 342 g/mol. The number of hydrogen-bond donors (Lipinski definition) is 2. The Balaban J connectivity index is 2.23. The molecular weight excluding hydrogens is 319 g/mol. The van der Waals surface area contributed by atoms with Gasteiger partial charge in [0.2, 0.25) is 0 Å². The van der Waals surface area contributed by atoms with Gasteiger partial charge in [0.15, 0.2) is 0 Å². The lowest BCUT2D eigenvalue weighted by molar-refractivity contribution is 0.397. The molecule has 0 bridgehead atoms. The quantitative estimate of drug-likeness (QED) is 0.630. The minimum atomic E-state index is -0.245. The molecule has 0 amide bonds. The highest BCUT2D eigenvalue weighted by Crippen LogP contribution is 2.42. The van der Waals surface area contributed by atoms with E-state index in [0.717, 1.165) is 47.0 Å². The number of unbranched alkanes of at least 4 members (excludes halogenated alkanes) is 1. The molecule has 0 saturated heterocycles. The van der Waals surface area contributed by atoms with Crippen LogP contribution in [-0.4, -0.2) is 25.7 Å². The minimum Gasteiger partial charge on any atom is -0.496 e. The molecule has 0 spiro atoms. The number of benzene rings is 2. The Morgan fingerprint density at radius 1 is 1.04 bits per heavy atom. The molecule has 1 aromatic heterocycles. The molecule has 0 atom stereocenters. The van der Waals surface area contributed by atoms with E-state index in [9.17, 15) is 4.39 Å². The van der Waals surface area contributed by atoms with Crippen molar-refractivity contribution in [1.82, 2.24) is 4.98 Å². The Hall–Kier alpha value is -2.53. The number of hydrogen-bond acceptors (Lipinski definition) is 3. The molecule has 0 fully saturated rings. The zero-order valence-electron chi connectivity index (χ0n) is 14.6. The van der Waals surface area contributed by atoms with Crippen molar-refractivity contribution in [2.75, 3.05) is 20.8 Å². The Morgan fingerprint density at radius 3 is 2.40 bits per heavy atom. The van der Waals surface area contributed by atoms with Gasteiger partial charge in [-0.25, -0.2) is 4.39 Å². The number of methoxy groups -OCH3 is 2. The predicted molar refractivity (Wildman–Crippen MR) is 98.8 cm³/mol. The van der Waals surface area contributed by atoms with Crippen molar-refractivity contribution in [3.8, 4) is 22.8 Å². The molecule has 0 aliphatic carbocycles. The molecule has 132 valence electrons. The first-order chi connectivity index (χ1) is 12.2. The highest BCUT2D eigenvalue weighted by molar-refractivity contribution is 5.93. The van der Waals surface area contributed by atoms with Gasteiger partial charge >= 0.3 is 0 Å². The largest absolute Gasteiger partial charge is 0.496 e. The molecule has 3 aromatic rings. The fraction of sp³-hybridized carbons (Fsp3) is 0.300. The number of ether oxygens (including phenoxy) is 2. The van der Waals surface area contributed by atoms with Crippen LogP contribution in [0.2, 0.25) is 0 Å². The molecule has 0 radical (unpaired) electrons. The van der Waals surface area contributed by atoms with Crippen molar-refractivity contribution >= 4 is 10.9 Å². The zero-order valence-corrected chi connectivity index (χ0v) is 14.6. The van der Waals surface area contributed by atoms with Crippen LogP contribution < -0.4 is 15.2 Å². The first kappa shape index (κ1) is 17.3. The third kappa shape index (κ3) is 3.33. The van der Waals surface area contributed by atoms with E-state index in [4.69, 9.17) is 15.2 Å². The molecule has 3 rings (SSSR count). The number of aromatic nitrogens is 1. The van der Waals surface area contributed by atoms with Crippen molar-refractivity contribution in [3.63, 3.8) is 0 Å². The van der Waals surface area contributed by atoms with Gasteiger partial charge in [-0.05, 0) is 61.7 Å². The summed E-state index contributed by atoms with van der Waals surface area (Å²) in [4.78, 5) is 3.43. The van der Waals surface area contributed by atoms with Crippen LogP contribution in [0.3, 0.4) is 0 Å². The van der Waals surface area contributed by atoms with Crippen molar-refractivity contribution < 1.29 is 13.9 Å². The maximum atomic E-state index is 13.8. The number of nitrogens with two attached hydrogens (primary N) is 1. The topological polar surface area (TPSA) is 60.3 Å². The Morgan fingerprint density at radius 2 is 1.76 bits per heavy atom. The average Bonchev–Trinajstić information content (AvgIpc) is 2.98. The summed E-state index contributed by atoms with van der Waals surface area (Å²) in [7, 11) is 3.27. The number of rotatable bonds is 7. The van der Waals surface area contributed by atoms with Gasteiger partial charge in [0.05, 0.1) is 25.5 Å². The lowest BCUT2D eigenvalue weighted by Crippen LogP contribution is -2.00. The SMILES string of the molecule is COc1cccc(OC)c1-c1[nH]c2ccc(F)cc2c1CCCCN. The smallest absolute Gasteiger partial charge is 0.131 e. The van der Waals surface area contributed by atoms with E-state index < -0.39 is 0 Å². The van der Waals surface area contributed by atoms with E-state index in [1.807, 2.05) is 18.2 Å². The van der Waals surface area contributed by atoms with Crippen molar-refractivity contribution in [1.29, 1.82) is 0 Å². The van der Waals surface area contributed by atoms with Gasteiger partial charge < -0.3 is 20.2 Å².